The number of aromatic nitrogens is 2. The van der Waals surface area contributed by atoms with Crippen LogP contribution in [0.3, 0.4) is 0 Å². The van der Waals surface area contributed by atoms with E-state index in [9.17, 15) is 0 Å². The van der Waals surface area contributed by atoms with E-state index in [2.05, 4.69) is 60.0 Å². The zero-order valence-corrected chi connectivity index (χ0v) is 17.6. The standard InChI is InChI=1S/C20H16BrN3OS2/c21-14-5-3-13(4-6-14)20-23-22-18(25-20)12-24-9-7-16-15(8-11-27-16)19(24)17-2-1-10-26-17/h1-6,8,10-11,19H,7,9,12H2/t19-/m0/s1. The molecular formula is C20H16BrN3OS2. The number of benzene rings is 1. The third kappa shape index (κ3) is 3.40. The Morgan fingerprint density at radius 2 is 1.96 bits per heavy atom. The Morgan fingerprint density at radius 3 is 2.78 bits per heavy atom. The number of rotatable bonds is 4. The summed E-state index contributed by atoms with van der Waals surface area (Å²) in [6.07, 6.45) is 1.07. The fraction of sp³-hybridized carbons (Fsp3) is 0.200. The van der Waals surface area contributed by atoms with E-state index in [1.807, 2.05) is 35.6 Å². The van der Waals surface area contributed by atoms with Gasteiger partial charge in [-0.3, -0.25) is 4.90 Å². The van der Waals surface area contributed by atoms with E-state index in [0.29, 0.717) is 18.3 Å². The van der Waals surface area contributed by atoms with Crippen LogP contribution in [0, 0.1) is 0 Å². The molecule has 1 aliphatic rings. The second kappa shape index (κ2) is 7.31. The summed E-state index contributed by atoms with van der Waals surface area (Å²) in [4.78, 5) is 5.30. The molecule has 27 heavy (non-hydrogen) atoms. The molecule has 136 valence electrons. The van der Waals surface area contributed by atoms with Gasteiger partial charge in [0, 0.05) is 26.3 Å². The number of nitrogens with zero attached hydrogens (tertiary/aromatic N) is 3. The number of fused-ring (bicyclic) bond motifs is 1. The number of hydrogen-bond donors (Lipinski definition) is 0. The lowest BCUT2D eigenvalue weighted by molar-refractivity contribution is 0.189. The fourth-order valence-electron chi connectivity index (χ4n) is 3.52. The van der Waals surface area contributed by atoms with Crippen molar-refractivity contribution >= 4 is 38.6 Å². The molecule has 0 saturated heterocycles. The van der Waals surface area contributed by atoms with Crippen LogP contribution in [0.2, 0.25) is 0 Å². The zero-order chi connectivity index (χ0) is 18.2. The maximum Gasteiger partial charge on any atom is 0.247 e. The van der Waals surface area contributed by atoms with Crippen LogP contribution in [0.4, 0.5) is 0 Å². The van der Waals surface area contributed by atoms with Crippen molar-refractivity contribution in [1.82, 2.24) is 15.1 Å². The van der Waals surface area contributed by atoms with E-state index in [1.165, 1.54) is 15.3 Å². The summed E-state index contributed by atoms with van der Waals surface area (Å²) in [5, 5.41) is 12.9. The molecule has 1 aliphatic heterocycles. The molecule has 1 aromatic carbocycles. The highest BCUT2D eigenvalue weighted by Crippen LogP contribution is 2.40. The fourth-order valence-corrected chi connectivity index (χ4v) is 5.56. The van der Waals surface area contributed by atoms with Gasteiger partial charge in [-0.25, -0.2) is 0 Å². The predicted molar refractivity (Wildman–Crippen MR) is 112 cm³/mol. The quantitative estimate of drug-likeness (QED) is 0.390. The van der Waals surface area contributed by atoms with Crippen LogP contribution in [0.5, 0.6) is 0 Å². The molecule has 3 aromatic heterocycles. The Balaban J connectivity index is 1.42. The summed E-state index contributed by atoms with van der Waals surface area (Å²) in [6, 6.07) is 14.8. The van der Waals surface area contributed by atoms with Crippen LogP contribution in [0.15, 0.2) is 62.1 Å². The molecule has 7 heteroatoms. The molecule has 4 heterocycles. The van der Waals surface area contributed by atoms with Crippen LogP contribution in [-0.4, -0.2) is 21.6 Å². The van der Waals surface area contributed by atoms with Crippen molar-refractivity contribution in [3.63, 3.8) is 0 Å². The van der Waals surface area contributed by atoms with Crippen molar-refractivity contribution in [2.24, 2.45) is 0 Å². The van der Waals surface area contributed by atoms with Gasteiger partial charge in [0.2, 0.25) is 11.8 Å². The summed E-state index contributed by atoms with van der Waals surface area (Å²) >= 11 is 7.12. The molecule has 0 unspecified atom stereocenters. The molecular weight excluding hydrogens is 442 g/mol. The molecule has 0 bridgehead atoms. The maximum absolute atomic E-state index is 5.97. The molecule has 1 atom stereocenters. The largest absolute Gasteiger partial charge is 0.419 e. The van der Waals surface area contributed by atoms with Gasteiger partial charge in [-0.05, 0) is 59.1 Å². The van der Waals surface area contributed by atoms with Gasteiger partial charge in [0.1, 0.15) is 0 Å². The van der Waals surface area contributed by atoms with E-state index in [-0.39, 0.29) is 6.04 Å². The van der Waals surface area contributed by atoms with Crippen molar-refractivity contribution in [2.75, 3.05) is 6.54 Å². The second-order valence-corrected chi connectivity index (χ2v) is 9.34. The predicted octanol–water partition coefficient (Wildman–Crippen LogP) is 5.77. The van der Waals surface area contributed by atoms with Gasteiger partial charge >= 0.3 is 0 Å². The molecule has 5 rings (SSSR count). The lowest BCUT2D eigenvalue weighted by Crippen LogP contribution is -2.34. The third-order valence-electron chi connectivity index (χ3n) is 4.77. The first-order valence-corrected chi connectivity index (χ1v) is 11.3. The van der Waals surface area contributed by atoms with Crippen LogP contribution >= 0.6 is 38.6 Å². The number of thiophene rings is 2. The first kappa shape index (κ1) is 17.3. The zero-order valence-electron chi connectivity index (χ0n) is 14.3. The highest BCUT2D eigenvalue weighted by atomic mass is 79.9. The summed E-state index contributed by atoms with van der Waals surface area (Å²) in [5.74, 6) is 1.23. The van der Waals surface area contributed by atoms with Crippen molar-refractivity contribution in [3.8, 4) is 11.5 Å². The van der Waals surface area contributed by atoms with E-state index in [0.717, 1.165) is 23.0 Å². The number of hydrogen-bond acceptors (Lipinski definition) is 6. The van der Waals surface area contributed by atoms with Crippen molar-refractivity contribution in [2.45, 2.75) is 19.0 Å². The minimum Gasteiger partial charge on any atom is -0.419 e. The van der Waals surface area contributed by atoms with E-state index in [1.54, 1.807) is 11.3 Å². The monoisotopic (exact) mass is 457 g/mol. The molecule has 4 nitrogen and oxygen atoms in total. The van der Waals surface area contributed by atoms with Gasteiger partial charge < -0.3 is 4.42 Å². The Kier molecular flexibility index (Phi) is 4.69. The molecule has 0 radical (unpaired) electrons. The van der Waals surface area contributed by atoms with Gasteiger partial charge in [0.05, 0.1) is 12.6 Å². The summed E-state index contributed by atoms with van der Waals surface area (Å²) in [7, 11) is 0. The Morgan fingerprint density at radius 1 is 1.07 bits per heavy atom. The summed E-state index contributed by atoms with van der Waals surface area (Å²) < 4.78 is 7.01. The Labute approximate surface area is 173 Å². The number of halogens is 1. The summed E-state index contributed by atoms with van der Waals surface area (Å²) in [5.41, 5.74) is 2.35. The van der Waals surface area contributed by atoms with Crippen molar-refractivity contribution in [3.05, 3.63) is 78.9 Å². The van der Waals surface area contributed by atoms with Gasteiger partial charge in [-0.1, -0.05) is 22.0 Å². The van der Waals surface area contributed by atoms with Crippen LogP contribution < -0.4 is 0 Å². The first-order chi connectivity index (χ1) is 13.3. The van der Waals surface area contributed by atoms with Crippen LogP contribution in [0.1, 0.15) is 27.3 Å². The minimum absolute atomic E-state index is 0.267. The molecule has 4 aromatic rings. The Bertz CT molecular complexity index is 1040. The van der Waals surface area contributed by atoms with Crippen molar-refractivity contribution in [1.29, 1.82) is 0 Å². The normalized spacial score (nSPS) is 17.1. The van der Waals surface area contributed by atoms with Gasteiger partial charge in [0.25, 0.3) is 0 Å². The average molecular weight is 458 g/mol. The lowest BCUT2D eigenvalue weighted by atomic mass is 9.98. The SMILES string of the molecule is Brc1ccc(-c2nnc(CN3CCc4sccc4[C@H]3c3cccs3)o2)cc1. The van der Waals surface area contributed by atoms with Gasteiger partial charge in [0.15, 0.2) is 0 Å². The van der Waals surface area contributed by atoms with Crippen LogP contribution in [-0.2, 0) is 13.0 Å². The second-order valence-electron chi connectivity index (χ2n) is 6.45. The van der Waals surface area contributed by atoms with Gasteiger partial charge in [-0.2, -0.15) is 0 Å². The minimum atomic E-state index is 0.267. The molecule has 0 N–H and O–H groups in total. The molecule has 0 amide bonds. The highest BCUT2D eigenvalue weighted by Gasteiger charge is 2.31. The Hall–Kier alpha value is -1.80. The smallest absolute Gasteiger partial charge is 0.247 e. The molecule has 0 saturated carbocycles. The van der Waals surface area contributed by atoms with Crippen molar-refractivity contribution < 1.29 is 4.42 Å². The summed E-state index contributed by atoms with van der Waals surface area (Å²) in [6.45, 7) is 1.65. The van der Waals surface area contributed by atoms with E-state index >= 15 is 0 Å². The highest BCUT2D eigenvalue weighted by molar-refractivity contribution is 9.10. The molecule has 0 aliphatic carbocycles. The maximum atomic E-state index is 5.97. The van der Waals surface area contributed by atoms with Crippen LogP contribution in [0.25, 0.3) is 11.5 Å². The average Bonchev–Trinajstić information content (AvgIpc) is 3.44. The van der Waals surface area contributed by atoms with E-state index < -0.39 is 0 Å². The third-order valence-corrected chi connectivity index (χ3v) is 7.22. The molecule has 0 fully saturated rings. The molecule has 0 spiro atoms. The first-order valence-electron chi connectivity index (χ1n) is 8.70. The van der Waals surface area contributed by atoms with Gasteiger partial charge in [-0.15, -0.1) is 32.9 Å². The topological polar surface area (TPSA) is 42.2 Å². The van der Waals surface area contributed by atoms with E-state index in [4.69, 9.17) is 4.42 Å². The lowest BCUT2D eigenvalue weighted by Gasteiger charge is -2.34.